The van der Waals surface area contributed by atoms with Gasteiger partial charge in [0.15, 0.2) is 0 Å². The molecular weight excluding hydrogens is 352 g/mol. The number of aromatic nitrogens is 2. The van der Waals surface area contributed by atoms with Gasteiger partial charge < -0.3 is 15.4 Å². The van der Waals surface area contributed by atoms with Crippen LogP contribution in [0.25, 0.3) is 0 Å². The van der Waals surface area contributed by atoms with Crippen molar-refractivity contribution in [2.45, 2.75) is 25.5 Å². The predicted molar refractivity (Wildman–Crippen MR) is 99.4 cm³/mol. The lowest BCUT2D eigenvalue weighted by molar-refractivity contribution is 0.0824. The molecule has 2 fully saturated rings. The second-order valence-electron chi connectivity index (χ2n) is 7.33. The first-order chi connectivity index (χ1) is 12.6. The Labute approximate surface area is 157 Å². The minimum absolute atomic E-state index is 0.0622. The number of amides is 1. The zero-order valence-corrected chi connectivity index (χ0v) is 15.3. The molecule has 2 N–H and O–H groups in total. The van der Waals surface area contributed by atoms with Crippen LogP contribution in [0.4, 0.5) is 0 Å². The van der Waals surface area contributed by atoms with Gasteiger partial charge in [0.2, 0.25) is 0 Å². The van der Waals surface area contributed by atoms with Gasteiger partial charge in [-0.25, -0.2) is 0 Å². The highest BCUT2D eigenvalue weighted by molar-refractivity contribution is 6.30. The Morgan fingerprint density at radius 3 is 2.96 bits per heavy atom. The van der Waals surface area contributed by atoms with Crippen molar-refractivity contribution in [1.82, 2.24) is 20.4 Å². The number of hydrogen-bond donors (Lipinski definition) is 2. The number of ether oxygens (including phenoxy) is 1. The van der Waals surface area contributed by atoms with Crippen molar-refractivity contribution in [3.05, 3.63) is 52.8 Å². The zero-order valence-electron chi connectivity index (χ0n) is 14.6. The lowest BCUT2D eigenvalue weighted by Crippen LogP contribution is -2.32. The summed E-state index contributed by atoms with van der Waals surface area (Å²) in [6, 6.07) is 7.56. The second kappa shape index (κ2) is 7.39. The van der Waals surface area contributed by atoms with E-state index in [4.69, 9.17) is 16.3 Å². The Balaban J connectivity index is 1.28. The maximum absolute atomic E-state index is 12.4. The summed E-state index contributed by atoms with van der Waals surface area (Å²) in [5.41, 5.74) is 2.01. The third kappa shape index (κ3) is 3.92. The number of carbonyl (C=O) groups is 1. The van der Waals surface area contributed by atoms with E-state index in [1.807, 2.05) is 24.3 Å². The molecule has 26 heavy (non-hydrogen) atoms. The van der Waals surface area contributed by atoms with Crippen LogP contribution in [-0.2, 0) is 11.3 Å². The highest BCUT2D eigenvalue weighted by Crippen LogP contribution is 2.37. The van der Waals surface area contributed by atoms with Crippen molar-refractivity contribution in [2.75, 3.05) is 26.2 Å². The van der Waals surface area contributed by atoms with Crippen molar-refractivity contribution in [2.24, 2.45) is 5.41 Å². The standard InChI is InChI=1S/C19H23ClN4O2/c20-16-8-23-24(11-16)10-14-1-3-15(4-2-14)18(25)22-9-17-7-19(13-26-17)5-6-21-12-19/h1-4,8,11,17,21H,5-7,9-10,12-13H2,(H,22,25). The molecule has 1 aromatic heterocycles. The molecular formula is C19H23ClN4O2. The Kier molecular flexibility index (Phi) is 4.98. The number of hydrogen-bond acceptors (Lipinski definition) is 4. The van der Waals surface area contributed by atoms with Gasteiger partial charge in [0.05, 0.1) is 30.5 Å². The van der Waals surface area contributed by atoms with E-state index in [2.05, 4.69) is 15.7 Å². The van der Waals surface area contributed by atoms with Crippen molar-refractivity contribution in [3.8, 4) is 0 Å². The van der Waals surface area contributed by atoms with E-state index in [1.54, 1.807) is 17.1 Å². The zero-order chi connectivity index (χ0) is 18.0. The molecule has 138 valence electrons. The predicted octanol–water partition coefficient (Wildman–Crippen LogP) is 2.08. The highest BCUT2D eigenvalue weighted by atomic mass is 35.5. The topological polar surface area (TPSA) is 68.2 Å². The Morgan fingerprint density at radius 2 is 2.27 bits per heavy atom. The van der Waals surface area contributed by atoms with E-state index < -0.39 is 0 Å². The fourth-order valence-corrected chi connectivity index (χ4v) is 3.96. The van der Waals surface area contributed by atoms with Gasteiger partial charge >= 0.3 is 0 Å². The number of halogens is 1. The van der Waals surface area contributed by atoms with Crippen LogP contribution in [0, 0.1) is 5.41 Å². The molecule has 2 unspecified atom stereocenters. The average molecular weight is 375 g/mol. The van der Waals surface area contributed by atoms with Crippen LogP contribution >= 0.6 is 11.6 Å². The van der Waals surface area contributed by atoms with Gasteiger partial charge in [0, 0.05) is 30.3 Å². The number of nitrogens with one attached hydrogen (secondary N) is 2. The number of benzene rings is 1. The molecule has 2 aliphatic rings. The van der Waals surface area contributed by atoms with Crippen LogP contribution in [0.5, 0.6) is 0 Å². The Morgan fingerprint density at radius 1 is 1.42 bits per heavy atom. The summed E-state index contributed by atoms with van der Waals surface area (Å²) in [5, 5.41) is 11.2. The second-order valence-corrected chi connectivity index (χ2v) is 7.76. The van der Waals surface area contributed by atoms with Crippen molar-refractivity contribution < 1.29 is 9.53 Å². The van der Waals surface area contributed by atoms with Crippen LogP contribution in [0.3, 0.4) is 0 Å². The molecule has 3 heterocycles. The Hall–Kier alpha value is -1.89. The molecule has 2 aromatic rings. The van der Waals surface area contributed by atoms with Crippen LogP contribution in [-0.4, -0.2) is 48.0 Å². The van der Waals surface area contributed by atoms with Crippen LogP contribution in [0.1, 0.15) is 28.8 Å². The van der Waals surface area contributed by atoms with Gasteiger partial charge in [-0.05, 0) is 37.1 Å². The van der Waals surface area contributed by atoms with Crippen molar-refractivity contribution >= 4 is 17.5 Å². The van der Waals surface area contributed by atoms with Gasteiger partial charge in [0.25, 0.3) is 5.91 Å². The molecule has 0 aliphatic carbocycles. The molecule has 4 rings (SSSR count). The number of nitrogens with zero attached hydrogens (tertiary/aromatic N) is 2. The van der Waals surface area contributed by atoms with Crippen LogP contribution in [0.2, 0.25) is 5.02 Å². The molecule has 0 saturated carbocycles. The largest absolute Gasteiger partial charge is 0.376 e. The third-order valence-corrected chi connectivity index (χ3v) is 5.47. The summed E-state index contributed by atoms with van der Waals surface area (Å²) in [5.74, 6) is -0.0622. The van der Waals surface area contributed by atoms with Crippen LogP contribution in [0.15, 0.2) is 36.7 Å². The summed E-state index contributed by atoms with van der Waals surface area (Å²) in [7, 11) is 0. The summed E-state index contributed by atoms with van der Waals surface area (Å²) in [4.78, 5) is 12.4. The molecule has 2 saturated heterocycles. The lowest BCUT2D eigenvalue weighted by atomic mass is 9.85. The summed E-state index contributed by atoms with van der Waals surface area (Å²) in [6.45, 7) is 4.08. The SMILES string of the molecule is O=C(NCC1CC2(CCNC2)CO1)c1ccc(Cn2cc(Cl)cn2)cc1. The van der Waals surface area contributed by atoms with E-state index in [0.29, 0.717) is 23.7 Å². The van der Waals surface area contributed by atoms with E-state index in [0.717, 1.165) is 31.7 Å². The normalized spacial score (nSPS) is 25.0. The number of carbonyl (C=O) groups excluding carboxylic acids is 1. The van der Waals surface area contributed by atoms with Gasteiger partial charge in [-0.3, -0.25) is 9.48 Å². The van der Waals surface area contributed by atoms with Gasteiger partial charge in [-0.2, -0.15) is 5.10 Å². The first-order valence-corrected chi connectivity index (χ1v) is 9.37. The van der Waals surface area contributed by atoms with E-state index >= 15 is 0 Å². The van der Waals surface area contributed by atoms with Crippen LogP contribution < -0.4 is 10.6 Å². The van der Waals surface area contributed by atoms with E-state index in [-0.39, 0.29) is 17.4 Å². The number of rotatable bonds is 5. The molecule has 6 nitrogen and oxygen atoms in total. The van der Waals surface area contributed by atoms with Gasteiger partial charge in [0.1, 0.15) is 0 Å². The lowest BCUT2D eigenvalue weighted by Gasteiger charge is -2.18. The smallest absolute Gasteiger partial charge is 0.251 e. The molecule has 1 spiro atoms. The van der Waals surface area contributed by atoms with Gasteiger partial charge in [-0.1, -0.05) is 23.7 Å². The fraction of sp³-hybridized carbons (Fsp3) is 0.474. The Bertz CT molecular complexity index is 768. The molecule has 0 radical (unpaired) electrons. The summed E-state index contributed by atoms with van der Waals surface area (Å²) < 4.78 is 7.66. The molecule has 1 amide bonds. The summed E-state index contributed by atoms with van der Waals surface area (Å²) in [6.07, 6.45) is 5.69. The quantitative estimate of drug-likeness (QED) is 0.840. The van der Waals surface area contributed by atoms with Crippen molar-refractivity contribution in [3.63, 3.8) is 0 Å². The molecule has 0 bridgehead atoms. The molecule has 1 aromatic carbocycles. The third-order valence-electron chi connectivity index (χ3n) is 5.27. The monoisotopic (exact) mass is 374 g/mol. The minimum Gasteiger partial charge on any atom is -0.376 e. The van der Waals surface area contributed by atoms with E-state index in [1.165, 1.54) is 6.42 Å². The first-order valence-electron chi connectivity index (χ1n) is 8.99. The molecule has 2 aliphatic heterocycles. The highest BCUT2D eigenvalue weighted by Gasteiger charge is 2.42. The van der Waals surface area contributed by atoms with E-state index in [9.17, 15) is 4.79 Å². The summed E-state index contributed by atoms with van der Waals surface area (Å²) >= 11 is 5.87. The van der Waals surface area contributed by atoms with Gasteiger partial charge in [-0.15, -0.1) is 0 Å². The average Bonchev–Trinajstić information content (AvgIpc) is 3.37. The molecule has 2 atom stereocenters. The fourth-order valence-electron chi connectivity index (χ4n) is 3.80. The maximum Gasteiger partial charge on any atom is 0.251 e. The molecule has 7 heteroatoms. The van der Waals surface area contributed by atoms with Crippen molar-refractivity contribution in [1.29, 1.82) is 0 Å². The maximum atomic E-state index is 12.4. The minimum atomic E-state index is -0.0622. The first kappa shape index (κ1) is 17.5.